The van der Waals surface area contributed by atoms with Crippen molar-refractivity contribution in [1.29, 1.82) is 0 Å². The Hall–Kier alpha value is -3.75. The molecule has 0 unspecified atom stereocenters. The Balaban J connectivity index is 2.00. The highest BCUT2D eigenvalue weighted by molar-refractivity contribution is 6.15. The number of carbonyl (C=O) groups is 3. The lowest BCUT2D eigenvalue weighted by Gasteiger charge is -2.29. The number of nitrogens with zero attached hydrogens (tertiary/aromatic N) is 1. The van der Waals surface area contributed by atoms with E-state index in [4.69, 9.17) is 19.9 Å². The molecule has 28 heavy (non-hydrogen) atoms. The van der Waals surface area contributed by atoms with Crippen LogP contribution in [0.1, 0.15) is 10.4 Å². The minimum absolute atomic E-state index is 0.125. The molecule has 0 saturated heterocycles. The van der Waals surface area contributed by atoms with E-state index in [1.165, 1.54) is 31.3 Å². The zero-order valence-corrected chi connectivity index (χ0v) is 15.4. The van der Waals surface area contributed by atoms with E-state index in [1.807, 2.05) is 0 Å². The summed E-state index contributed by atoms with van der Waals surface area (Å²) < 4.78 is 15.9. The number of hydrogen-bond donors (Lipinski definition) is 2. The molecule has 1 aliphatic rings. The molecule has 2 aromatic carbocycles. The van der Waals surface area contributed by atoms with Crippen molar-refractivity contribution in [3.63, 3.8) is 0 Å². The van der Waals surface area contributed by atoms with Gasteiger partial charge in [-0.2, -0.15) is 0 Å². The van der Waals surface area contributed by atoms with E-state index in [-0.39, 0.29) is 41.9 Å². The van der Waals surface area contributed by atoms with E-state index in [9.17, 15) is 14.4 Å². The number of para-hydroxylation sites is 2. The molecule has 0 atom stereocenters. The largest absolute Gasteiger partial charge is 0.493 e. The van der Waals surface area contributed by atoms with Crippen LogP contribution in [0.15, 0.2) is 36.4 Å². The van der Waals surface area contributed by atoms with Gasteiger partial charge in [0.15, 0.2) is 18.1 Å². The van der Waals surface area contributed by atoms with Crippen molar-refractivity contribution in [1.82, 2.24) is 0 Å². The average molecular weight is 385 g/mol. The Kier molecular flexibility index (Phi) is 5.35. The summed E-state index contributed by atoms with van der Waals surface area (Å²) in [6.45, 7) is -0.500. The Morgan fingerprint density at radius 2 is 1.79 bits per heavy atom. The summed E-state index contributed by atoms with van der Waals surface area (Å²) in [6, 6.07) is 9.91. The third-order valence-corrected chi connectivity index (χ3v) is 4.08. The topological polar surface area (TPSA) is 120 Å². The third kappa shape index (κ3) is 3.68. The fraction of sp³-hybridized carbons (Fsp3) is 0.211. The van der Waals surface area contributed by atoms with Crippen LogP contribution in [0.25, 0.3) is 0 Å². The summed E-state index contributed by atoms with van der Waals surface area (Å²) in [7, 11) is 2.79. The normalized spacial score (nSPS) is 12.6. The highest BCUT2D eigenvalue weighted by Gasteiger charge is 2.29. The summed E-state index contributed by atoms with van der Waals surface area (Å²) in [5.74, 6) is -0.845. The van der Waals surface area contributed by atoms with Gasteiger partial charge >= 0.3 is 0 Å². The van der Waals surface area contributed by atoms with E-state index < -0.39 is 11.8 Å². The van der Waals surface area contributed by atoms with Crippen LogP contribution in [-0.4, -0.2) is 45.1 Å². The van der Waals surface area contributed by atoms with Crippen molar-refractivity contribution < 1.29 is 28.6 Å². The molecular weight excluding hydrogens is 366 g/mol. The first-order valence-corrected chi connectivity index (χ1v) is 8.32. The van der Waals surface area contributed by atoms with E-state index in [2.05, 4.69) is 5.32 Å². The zero-order chi connectivity index (χ0) is 20.3. The number of carbonyl (C=O) groups excluding carboxylic acids is 3. The number of ether oxygens (including phenoxy) is 3. The molecule has 0 aromatic heterocycles. The smallest absolute Gasteiger partial charge is 0.259 e. The molecule has 3 N–H and O–H groups in total. The van der Waals surface area contributed by atoms with E-state index in [0.717, 1.165) is 0 Å². The Labute approximate surface area is 161 Å². The quantitative estimate of drug-likeness (QED) is 0.770. The van der Waals surface area contributed by atoms with Gasteiger partial charge in [0.1, 0.15) is 6.54 Å². The lowest BCUT2D eigenvalue weighted by Crippen LogP contribution is -2.42. The summed E-state index contributed by atoms with van der Waals surface area (Å²) in [5.41, 5.74) is 6.47. The van der Waals surface area contributed by atoms with Crippen molar-refractivity contribution in [2.75, 3.05) is 37.6 Å². The number of benzene rings is 2. The maximum atomic E-state index is 13.1. The molecule has 146 valence electrons. The first kappa shape index (κ1) is 19.0. The molecule has 1 heterocycles. The molecule has 1 aliphatic heterocycles. The van der Waals surface area contributed by atoms with Gasteiger partial charge in [-0.15, -0.1) is 0 Å². The third-order valence-electron chi connectivity index (χ3n) is 4.08. The van der Waals surface area contributed by atoms with Crippen molar-refractivity contribution in [2.24, 2.45) is 5.73 Å². The Morgan fingerprint density at radius 1 is 1.14 bits per heavy atom. The number of amides is 3. The molecule has 2 aromatic rings. The molecule has 0 saturated carbocycles. The van der Waals surface area contributed by atoms with Crippen LogP contribution >= 0.6 is 0 Å². The van der Waals surface area contributed by atoms with Gasteiger partial charge in [-0.3, -0.25) is 19.3 Å². The fourth-order valence-electron chi connectivity index (χ4n) is 2.86. The van der Waals surface area contributed by atoms with E-state index in [1.54, 1.807) is 24.3 Å². The van der Waals surface area contributed by atoms with Gasteiger partial charge in [-0.1, -0.05) is 12.1 Å². The highest BCUT2D eigenvalue weighted by atomic mass is 16.5. The van der Waals surface area contributed by atoms with Gasteiger partial charge in [0.2, 0.25) is 11.7 Å². The number of fused-ring (bicyclic) bond motifs is 1. The van der Waals surface area contributed by atoms with Gasteiger partial charge in [0.05, 0.1) is 25.6 Å². The number of nitrogens with one attached hydrogen (secondary N) is 1. The molecule has 0 fully saturated rings. The van der Waals surface area contributed by atoms with Crippen molar-refractivity contribution in [2.45, 2.75) is 0 Å². The summed E-state index contributed by atoms with van der Waals surface area (Å²) in [6.07, 6.45) is 0. The Bertz CT molecular complexity index is 918. The molecule has 3 rings (SSSR count). The summed E-state index contributed by atoms with van der Waals surface area (Å²) >= 11 is 0. The summed E-state index contributed by atoms with van der Waals surface area (Å²) in [5, 5.41) is 2.73. The lowest BCUT2D eigenvalue weighted by molar-refractivity contribution is -0.120. The van der Waals surface area contributed by atoms with Crippen molar-refractivity contribution in [3.05, 3.63) is 42.0 Å². The summed E-state index contributed by atoms with van der Waals surface area (Å²) in [4.78, 5) is 37.5. The Morgan fingerprint density at radius 3 is 2.39 bits per heavy atom. The first-order chi connectivity index (χ1) is 13.4. The van der Waals surface area contributed by atoms with E-state index >= 15 is 0 Å². The van der Waals surface area contributed by atoms with Crippen LogP contribution in [-0.2, 0) is 9.59 Å². The van der Waals surface area contributed by atoms with Crippen LogP contribution in [0.2, 0.25) is 0 Å². The fourth-order valence-corrected chi connectivity index (χ4v) is 2.86. The van der Waals surface area contributed by atoms with Gasteiger partial charge in [-0.05, 0) is 24.3 Å². The minimum atomic E-state index is -0.666. The molecule has 0 bridgehead atoms. The van der Waals surface area contributed by atoms with Crippen LogP contribution in [0.5, 0.6) is 17.2 Å². The second-order valence-corrected chi connectivity index (χ2v) is 5.92. The van der Waals surface area contributed by atoms with Crippen LogP contribution < -0.4 is 30.2 Å². The molecule has 0 spiro atoms. The number of methoxy groups -OCH3 is 2. The maximum absolute atomic E-state index is 13.1. The van der Waals surface area contributed by atoms with Gasteiger partial charge < -0.3 is 25.3 Å². The standard InChI is InChI=1S/C19H19N3O6/c1-26-14-7-11(8-15(27-2)18(14)28-10-16(20)23)19(25)22-9-17(24)21-12-5-3-4-6-13(12)22/h3-8H,9-10H2,1-2H3,(H2,20,23)(H,21,24). The van der Waals surface area contributed by atoms with Gasteiger partial charge in [0, 0.05) is 5.56 Å². The number of anilines is 2. The minimum Gasteiger partial charge on any atom is -0.493 e. The predicted molar refractivity (Wildman–Crippen MR) is 101 cm³/mol. The highest BCUT2D eigenvalue weighted by Crippen LogP contribution is 2.39. The monoisotopic (exact) mass is 385 g/mol. The SMILES string of the molecule is COc1cc(C(=O)N2CC(=O)Nc3ccccc32)cc(OC)c1OCC(N)=O. The predicted octanol–water partition coefficient (Wildman–Crippen LogP) is 1.17. The molecule has 3 amide bonds. The molecule has 9 heteroatoms. The second kappa shape index (κ2) is 7.87. The van der Waals surface area contributed by atoms with Gasteiger partial charge in [0.25, 0.3) is 11.8 Å². The molecule has 0 aliphatic carbocycles. The molecular formula is C19H19N3O6. The molecule has 9 nitrogen and oxygen atoms in total. The maximum Gasteiger partial charge on any atom is 0.259 e. The zero-order valence-electron chi connectivity index (χ0n) is 15.4. The van der Waals surface area contributed by atoms with Gasteiger partial charge in [-0.25, -0.2) is 0 Å². The van der Waals surface area contributed by atoms with Crippen molar-refractivity contribution >= 4 is 29.1 Å². The number of hydrogen-bond acceptors (Lipinski definition) is 6. The number of nitrogens with two attached hydrogens (primary N) is 1. The van der Waals surface area contributed by atoms with E-state index in [0.29, 0.717) is 11.4 Å². The van der Waals surface area contributed by atoms with Crippen LogP contribution in [0.4, 0.5) is 11.4 Å². The molecule has 0 radical (unpaired) electrons. The lowest BCUT2D eigenvalue weighted by atomic mass is 10.1. The average Bonchev–Trinajstić information content (AvgIpc) is 2.70. The first-order valence-electron chi connectivity index (χ1n) is 8.32. The van der Waals surface area contributed by atoms with Crippen molar-refractivity contribution in [3.8, 4) is 17.2 Å². The van der Waals surface area contributed by atoms with Crippen LogP contribution in [0, 0.1) is 0 Å². The number of rotatable bonds is 6. The number of primary amides is 1. The van der Waals surface area contributed by atoms with Crippen LogP contribution in [0.3, 0.4) is 0 Å². The second-order valence-electron chi connectivity index (χ2n) is 5.92.